The number of benzene rings is 2. The van der Waals surface area contributed by atoms with E-state index in [0.717, 1.165) is 26.7 Å². The van der Waals surface area contributed by atoms with Crippen LogP contribution in [0.2, 0.25) is 0 Å². The van der Waals surface area contributed by atoms with Gasteiger partial charge < -0.3 is 4.74 Å². The zero-order chi connectivity index (χ0) is 14.1. The molecule has 0 N–H and O–H groups in total. The van der Waals surface area contributed by atoms with Crippen molar-refractivity contribution in [3.8, 4) is 11.8 Å². The number of halogens is 2. The minimum Gasteiger partial charge on any atom is -0.488 e. The zero-order valence-corrected chi connectivity index (χ0v) is 11.9. The van der Waals surface area contributed by atoms with Crippen molar-refractivity contribution < 1.29 is 9.13 Å². The second-order valence-corrected chi connectivity index (χ2v) is 5.33. The first-order valence-electron chi connectivity index (χ1n) is 6.00. The largest absolute Gasteiger partial charge is 0.488 e. The van der Waals surface area contributed by atoms with Gasteiger partial charge in [-0.2, -0.15) is 5.26 Å². The highest BCUT2D eigenvalue weighted by Gasteiger charge is 2.19. The van der Waals surface area contributed by atoms with E-state index in [0.29, 0.717) is 12.4 Å². The predicted molar refractivity (Wildman–Crippen MR) is 77.6 cm³/mol. The van der Waals surface area contributed by atoms with Crippen molar-refractivity contribution in [2.45, 2.75) is 6.61 Å². The number of hydrogen-bond acceptors (Lipinski definition) is 2. The molecule has 2 nitrogen and oxygen atoms in total. The van der Waals surface area contributed by atoms with Crippen LogP contribution < -0.4 is 4.74 Å². The summed E-state index contributed by atoms with van der Waals surface area (Å²) in [6.07, 6.45) is 1.47. The normalized spacial score (nSPS) is 14.8. The Morgan fingerprint density at radius 1 is 1.20 bits per heavy atom. The van der Waals surface area contributed by atoms with Gasteiger partial charge in [-0.15, -0.1) is 0 Å². The molecule has 0 atom stereocenters. The maximum absolute atomic E-state index is 13.4. The van der Waals surface area contributed by atoms with Crippen LogP contribution in [0.15, 0.2) is 46.9 Å². The molecule has 1 aliphatic heterocycles. The lowest BCUT2D eigenvalue weighted by atomic mass is 9.94. The molecule has 1 heterocycles. The number of nitriles is 1. The van der Waals surface area contributed by atoms with Gasteiger partial charge in [0.25, 0.3) is 0 Å². The fraction of sp³-hybridized carbons (Fsp3) is 0.0625. The molecule has 1 aliphatic rings. The lowest BCUT2D eigenvalue weighted by Gasteiger charge is -2.09. The number of rotatable bonds is 0. The minimum atomic E-state index is -0.354. The van der Waals surface area contributed by atoms with Gasteiger partial charge >= 0.3 is 0 Å². The SMILES string of the molecule is N#C/C=C1/c2ccc(Br)cc2COc2cc(F)ccc21. The third-order valence-corrected chi connectivity index (χ3v) is 3.68. The highest BCUT2D eigenvalue weighted by Crippen LogP contribution is 2.37. The van der Waals surface area contributed by atoms with Crippen molar-refractivity contribution in [3.63, 3.8) is 0 Å². The molecule has 0 aliphatic carbocycles. The monoisotopic (exact) mass is 329 g/mol. The van der Waals surface area contributed by atoms with Crippen molar-refractivity contribution >= 4 is 21.5 Å². The maximum Gasteiger partial charge on any atom is 0.130 e. The molecule has 0 aromatic heterocycles. The third-order valence-electron chi connectivity index (χ3n) is 3.18. The molecule has 0 unspecified atom stereocenters. The van der Waals surface area contributed by atoms with Gasteiger partial charge in [0.15, 0.2) is 0 Å². The van der Waals surface area contributed by atoms with Crippen molar-refractivity contribution in [2.24, 2.45) is 0 Å². The van der Waals surface area contributed by atoms with Crippen LogP contribution in [0, 0.1) is 17.1 Å². The number of hydrogen-bond donors (Lipinski definition) is 0. The second-order valence-electron chi connectivity index (χ2n) is 4.42. The van der Waals surface area contributed by atoms with Crippen LogP contribution in [0.3, 0.4) is 0 Å². The summed E-state index contributed by atoms with van der Waals surface area (Å²) >= 11 is 3.42. The van der Waals surface area contributed by atoms with E-state index >= 15 is 0 Å². The molecule has 4 heteroatoms. The molecule has 20 heavy (non-hydrogen) atoms. The average Bonchev–Trinajstić information content (AvgIpc) is 2.57. The molecule has 0 bridgehead atoms. The fourth-order valence-electron chi connectivity index (χ4n) is 2.30. The smallest absolute Gasteiger partial charge is 0.130 e. The molecular formula is C16H9BrFNO. The van der Waals surface area contributed by atoms with E-state index in [2.05, 4.69) is 22.0 Å². The fourth-order valence-corrected chi connectivity index (χ4v) is 2.71. The first kappa shape index (κ1) is 12.9. The summed E-state index contributed by atoms with van der Waals surface area (Å²) in [5, 5.41) is 9.02. The van der Waals surface area contributed by atoms with Crippen LogP contribution in [0.5, 0.6) is 5.75 Å². The maximum atomic E-state index is 13.4. The highest BCUT2D eigenvalue weighted by atomic mass is 79.9. The number of fused-ring (bicyclic) bond motifs is 2. The standard InChI is InChI=1S/C16H9BrFNO/c17-11-1-3-13-10(7-11)9-20-16-8-12(18)2-4-15(16)14(13)5-6-19/h1-5,7-8H,9H2/b14-5-. The van der Waals surface area contributed by atoms with Crippen LogP contribution in [-0.2, 0) is 6.61 Å². The van der Waals surface area contributed by atoms with Gasteiger partial charge in [-0.05, 0) is 35.4 Å². The summed E-state index contributed by atoms with van der Waals surface area (Å²) in [5.41, 5.74) is 3.37. The Labute approximate surface area is 124 Å². The Morgan fingerprint density at radius 3 is 2.80 bits per heavy atom. The van der Waals surface area contributed by atoms with E-state index in [-0.39, 0.29) is 5.82 Å². The van der Waals surface area contributed by atoms with Gasteiger partial charge in [0.2, 0.25) is 0 Å². The Kier molecular flexibility index (Phi) is 3.29. The molecule has 2 aromatic carbocycles. The van der Waals surface area contributed by atoms with E-state index < -0.39 is 0 Å². The molecule has 3 rings (SSSR count). The molecule has 0 spiro atoms. The average molecular weight is 330 g/mol. The second kappa shape index (κ2) is 5.10. The predicted octanol–water partition coefficient (Wildman–Crippen LogP) is 4.44. The quantitative estimate of drug-likeness (QED) is 0.669. The van der Waals surface area contributed by atoms with E-state index in [9.17, 15) is 4.39 Å². The van der Waals surface area contributed by atoms with Crippen LogP contribution in [0.4, 0.5) is 4.39 Å². The van der Waals surface area contributed by atoms with Crippen molar-refractivity contribution in [2.75, 3.05) is 0 Å². The van der Waals surface area contributed by atoms with Crippen LogP contribution in [-0.4, -0.2) is 0 Å². The number of ether oxygens (including phenoxy) is 1. The first-order chi connectivity index (χ1) is 9.69. The summed E-state index contributed by atoms with van der Waals surface area (Å²) in [5.74, 6) is 0.103. The van der Waals surface area contributed by atoms with Gasteiger partial charge in [-0.25, -0.2) is 4.39 Å². The van der Waals surface area contributed by atoms with Gasteiger partial charge in [0.1, 0.15) is 18.2 Å². The molecule has 0 fully saturated rings. The van der Waals surface area contributed by atoms with Gasteiger partial charge in [-0.3, -0.25) is 0 Å². The molecule has 0 saturated carbocycles. The summed E-state index contributed by atoms with van der Waals surface area (Å²) in [6, 6.07) is 12.2. The van der Waals surface area contributed by atoms with E-state index in [1.165, 1.54) is 18.2 Å². The lowest BCUT2D eigenvalue weighted by molar-refractivity contribution is 0.305. The van der Waals surface area contributed by atoms with Crippen LogP contribution >= 0.6 is 15.9 Å². The highest BCUT2D eigenvalue weighted by molar-refractivity contribution is 9.10. The van der Waals surface area contributed by atoms with E-state index in [4.69, 9.17) is 10.00 Å². The number of allylic oxidation sites excluding steroid dienone is 1. The van der Waals surface area contributed by atoms with E-state index in [1.807, 2.05) is 18.2 Å². The van der Waals surface area contributed by atoms with Gasteiger partial charge in [0.05, 0.1) is 6.07 Å². The van der Waals surface area contributed by atoms with Gasteiger partial charge in [-0.1, -0.05) is 22.0 Å². The molecule has 0 radical (unpaired) electrons. The molecule has 98 valence electrons. The molecular weight excluding hydrogens is 321 g/mol. The Bertz CT molecular complexity index is 706. The summed E-state index contributed by atoms with van der Waals surface area (Å²) in [4.78, 5) is 0. The van der Waals surface area contributed by atoms with Crippen LogP contribution in [0.1, 0.15) is 16.7 Å². The lowest BCUT2D eigenvalue weighted by Crippen LogP contribution is -1.95. The minimum absolute atomic E-state index is 0.341. The Balaban J connectivity index is 2.27. The molecule has 0 amide bonds. The topological polar surface area (TPSA) is 33.0 Å². The van der Waals surface area contributed by atoms with Gasteiger partial charge in [0, 0.05) is 27.8 Å². The number of nitrogens with zero attached hydrogens (tertiary/aromatic N) is 1. The summed E-state index contributed by atoms with van der Waals surface area (Å²) in [7, 11) is 0. The first-order valence-corrected chi connectivity index (χ1v) is 6.79. The zero-order valence-electron chi connectivity index (χ0n) is 10.4. The van der Waals surface area contributed by atoms with Crippen LogP contribution in [0.25, 0.3) is 5.57 Å². The third kappa shape index (κ3) is 2.21. The Morgan fingerprint density at radius 2 is 2.00 bits per heavy atom. The summed E-state index contributed by atoms with van der Waals surface area (Å²) in [6.45, 7) is 0.341. The molecule has 2 aromatic rings. The van der Waals surface area contributed by atoms with Crippen molar-refractivity contribution in [1.82, 2.24) is 0 Å². The van der Waals surface area contributed by atoms with E-state index in [1.54, 1.807) is 6.07 Å². The Hall–Kier alpha value is -2.12. The van der Waals surface area contributed by atoms with Crippen molar-refractivity contribution in [1.29, 1.82) is 5.26 Å². The van der Waals surface area contributed by atoms with Crippen molar-refractivity contribution in [3.05, 3.63) is 69.5 Å². The molecule has 0 saturated heterocycles. The summed E-state index contributed by atoms with van der Waals surface area (Å²) < 4.78 is 20.0.